The van der Waals surface area contributed by atoms with Crippen LogP contribution in [0.15, 0.2) is 0 Å². The van der Waals surface area contributed by atoms with E-state index in [4.69, 9.17) is 26.2 Å². The number of likely N-dealkylation sites (tertiary alicyclic amines) is 1. The maximum absolute atomic E-state index is 13.5. The van der Waals surface area contributed by atoms with E-state index in [1.165, 1.54) is 0 Å². The summed E-state index contributed by atoms with van der Waals surface area (Å²) < 4.78 is 106. The molecule has 1 fully saturated rings. The van der Waals surface area contributed by atoms with Crippen molar-refractivity contribution < 1.29 is 74.7 Å². The Kier molecular flexibility index (Phi) is 11.0. The second-order valence-corrected chi connectivity index (χ2v) is 9.54. The lowest BCUT2D eigenvalue weighted by atomic mass is 10.0. The average Bonchev–Trinajstić information content (AvgIpc) is 2.87. The summed E-state index contributed by atoms with van der Waals surface area (Å²) >= 11 is 0. The lowest BCUT2D eigenvalue weighted by Gasteiger charge is -2.34. The standard InChI is InChI=1S/C18H19F8N5O2.C4H6O6/c19-16(20)3-1-12(32)31(8-16)6-9(27)5-13(33)30-4-2-10-11(7-30)28-15(18(24,25)26)29-14(10)17(21,22)23;5-1(3(7)8)2(6)4(9)10/h9H,1-8,27H2;1-2,5-6H,(H,7,8)(H,9,10)/t9-;/m0./s1. The largest absolute Gasteiger partial charge is 0.479 e. The van der Waals surface area contributed by atoms with Gasteiger partial charge in [-0.2, -0.15) is 26.3 Å². The molecule has 0 radical (unpaired) electrons. The number of nitrogens with two attached hydrogens (primary N) is 1. The number of rotatable bonds is 7. The van der Waals surface area contributed by atoms with Crippen LogP contribution < -0.4 is 5.73 Å². The number of carbonyl (C=O) groups excluding carboxylic acids is 2. The predicted molar refractivity (Wildman–Crippen MR) is 122 cm³/mol. The minimum atomic E-state index is -5.23. The van der Waals surface area contributed by atoms with Crippen molar-refractivity contribution >= 4 is 23.8 Å². The van der Waals surface area contributed by atoms with Gasteiger partial charge in [-0.25, -0.2) is 28.3 Å². The Bertz CT molecular complexity index is 1210. The highest BCUT2D eigenvalue weighted by Gasteiger charge is 2.44. The molecule has 21 heteroatoms. The maximum Gasteiger partial charge on any atom is 0.451 e. The first-order valence-corrected chi connectivity index (χ1v) is 12.1. The Morgan fingerprint density at radius 2 is 1.51 bits per heavy atom. The number of aliphatic hydroxyl groups is 2. The summed E-state index contributed by atoms with van der Waals surface area (Å²) in [5, 5.41) is 32.5. The lowest BCUT2D eigenvalue weighted by molar-refractivity contribution is -0.165. The molecule has 3 rings (SSSR count). The molecule has 0 aliphatic carbocycles. The molecule has 242 valence electrons. The number of alkyl halides is 8. The third-order valence-corrected chi connectivity index (χ3v) is 6.12. The maximum atomic E-state index is 13.5. The molecule has 0 spiro atoms. The normalized spacial score (nSPS) is 19.0. The number of hydrogen-bond acceptors (Lipinski definition) is 9. The Labute approximate surface area is 235 Å². The van der Waals surface area contributed by atoms with Crippen LogP contribution in [-0.2, 0) is 44.5 Å². The van der Waals surface area contributed by atoms with Crippen LogP contribution in [-0.4, -0.2) is 108 Å². The molecule has 3 heterocycles. The van der Waals surface area contributed by atoms with Gasteiger partial charge in [0.15, 0.2) is 17.9 Å². The van der Waals surface area contributed by atoms with E-state index >= 15 is 0 Å². The molecule has 0 saturated carbocycles. The van der Waals surface area contributed by atoms with Crippen LogP contribution in [0.3, 0.4) is 0 Å². The molecule has 13 nitrogen and oxygen atoms in total. The number of hydrogen-bond donors (Lipinski definition) is 5. The summed E-state index contributed by atoms with van der Waals surface area (Å²) in [5.41, 5.74) is 3.01. The SMILES string of the molecule is N[C@@H](CC(=O)N1CCc2c(nc(C(F)(F)F)nc2C(F)(F)F)C1)CN1CC(F)(F)CCC1=O.O=C(O)C(O)C(O)C(=O)O. The molecular weight excluding hydrogens is 614 g/mol. The summed E-state index contributed by atoms with van der Waals surface area (Å²) in [4.78, 5) is 51.6. The summed E-state index contributed by atoms with van der Waals surface area (Å²) in [6, 6.07) is -1.06. The van der Waals surface area contributed by atoms with Crippen LogP contribution in [0.2, 0.25) is 0 Å². The summed E-state index contributed by atoms with van der Waals surface area (Å²) in [7, 11) is 0. The van der Waals surface area contributed by atoms with Gasteiger partial charge in [-0.1, -0.05) is 0 Å². The minimum Gasteiger partial charge on any atom is -0.479 e. The number of aliphatic carboxylic acids is 2. The lowest BCUT2D eigenvalue weighted by Crippen LogP contribution is -2.51. The molecule has 6 N–H and O–H groups in total. The van der Waals surface area contributed by atoms with Gasteiger partial charge in [-0.15, -0.1) is 0 Å². The van der Waals surface area contributed by atoms with E-state index < -0.39 is 115 Å². The number of nitrogens with zero attached hydrogens (tertiary/aromatic N) is 4. The van der Waals surface area contributed by atoms with Gasteiger partial charge in [0.05, 0.1) is 18.8 Å². The van der Waals surface area contributed by atoms with Crippen molar-refractivity contribution in [3.63, 3.8) is 0 Å². The van der Waals surface area contributed by atoms with Crippen molar-refractivity contribution in [2.45, 2.75) is 68.8 Å². The molecule has 2 aliphatic rings. The van der Waals surface area contributed by atoms with Crippen LogP contribution in [0.5, 0.6) is 0 Å². The van der Waals surface area contributed by atoms with Gasteiger partial charge in [0.25, 0.3) is 5.92 Å². The zero-order valence-corrected chi connectivity index (χ0v) is 21.7. The molecule has 2 aliphatic heterocycles. The van der Waals surface area contributed by atoms with Gasteiger partial charge in [0.1, 0.15) is 0 Å². The van der Waals surface area contributed by atoms with Gasteiger partial charge >= 0.3 is 24.3 Å². The van der Waals surface area contributed by atoms with Crippen LogP contribution in [0.25, 0.3) is 0 Å². The Morgan fingerprint density at radius 3 is 2.00 bits per heavy atom. The third kappa shape index (κ3) is 9.64. The molecule has 3 atom stereocenters. The van der Waals surface area contributed by atoms with E-state index in [9.17, 15) is 54.3 Å². The van der Waals surface area contributed by atoms with Crippen molar-refractivity contribution in [3.8, 4) is 0 Å². The number of aliphatic hydroxyl groups excluding tert-OH is 2. The summed E-state index contributed by atoms with van der Waals surface area (Å²) in [5.74, 6) is -9.86. The van der Waals surface area contributed by atoms with Crippen molar-refractivity contribution in [2.75, 3.05) is 19.6 Å². The molecule has 43 heavy (non-hydrogen) atoms. The smallest absolute Gasteiger partial charge is 0.451 e. The molecule has 1 aromatic heterocycles. The van der Waals surface area contributed by atoms with Crippen molar-refractivity contribution in [1.29, 1.82) is 0 Å². The number of halogens is 8. The highest BCUT2D eigenvalue weighted by Crippen LogP contribution is 2.37. The number of aromatic nitrogens is 2. The van der Waals surface area contributed by atoms with E-state index in [0.717, 1.165) is 9.80 Å². The fourth-order valence-corrected chi connectivity index (χ4v) is 4.04. The highest BCUT2D eigenvalue weighted by atomic mass is 19.4. The number of fused-ring (bicyclic) bond motifs is 1. The van der Waals surface area contributed by atoms with Crippen LogP contribution in [0.1, 0.15) is 42.0 Å². The first-order chi connectivity index (χ1) is 19.5. The number of carbonyl (C=O) groups is 4. The quantitative estimate of drug-likeness (QED) is 0.256. The Hall–Kier alpha value is -3.72. The Morgan fingerprint density at radius 1 is 0.953 bits per heavy atom. The van der Waals surface area contributed by atoms with E-state index in [-0.39, 0.29) is 19.5 Å². The van der Waals surface area contributed by atoms with Gasteiger partial charge in [0, 0.05) is 44.0 Å². The fraction of sp³-hybridized carbons (Fsp3) is 0.636. The second kappa shape index (κ2) is 13.3. The average molecular weight is 639 g/mol. The molecule has 2 unspecified atom stereocenters. The second-order valence-electron chi connectivity index (χ2n) is 9.54. The summed E-state index contributed by atoms with van der Waals surface area (Å²) in [6.07, 6.45) is -16.8. The van der Waals surface area contributed by atoms with Gasteiger partial charge in [0.2, 0.25) is 17.6 Å². The number of piperidine rings is 1. The minimum absolute atomic E-state index is 0.253. The number of carboxylic acids is 2. The first-order valence-electron chi connectivity index (χ1n) is 12.1. The molecule has 0 bridgehead atoms. The third-order valence-electron chi connectivity index (χ3n) is 6.12. The van der Waals surface area contributed by atoms with Crippen LogP contribution >= 0.6 is 0 Å². The first kappa shape index (κ1) is 35.5. The zero-order chi connectivity index (χ0) is 33.1. The van der Waals surface area contributed by atoms with Crippen LogP contribution in [0.4, 0.5) is 35.1 Å². The van der Waals surface area contributed by atoms with Crippen molar-refractivity contribution in [3.05, 3.63) is 22.8 Å². The monoisotopic (exact) mass is 639 g/mol. The molecule has 1 saturated heterocycles. The van der Waals surface area contributed by atoms with E-state index in [2.05, 4.69) is 9.97 Å². The molecule has 1 aromatic rings. The highest BCUT2D eigenvalue weighted by molar-refractivity contribution is 5.83. The molecule has 0 aromatic carbocycles. The predicted octanol–water partition coefficient (Wildman–Crippen LogP) is 0.251. The zero-order valence-electron chi connectivity index (χ0n) is 21.7. The van der Waals surface area contributed by atoms with E-state index in [0.29, 0.717) is 0 Å². The molecule has 2 amide bonds. The van der Waals surface area contributed by atoms with E-state index in [1.807, 2.05) is 0 Å². The van der Waals surface area contributed by atoms with Crippen LogP contribution in [0, 0.1) is 0 Å². The topological polar surface area (TPSA) is 207 Å². The number of amides is 2. The molecular formula is C22H25F8N5O8. The van der Waals surface area contributed by atoms with Crippen molar-refractivity contribution in [1.82, 2.24) is 19.8 Å². The van der Waals surface area contributed by atoms with Gasteiger partial charge < -0.3 is 36.0 Å². The number of carboxylic acid groups (broad SMARTS) is 2. The Balaban J connectivity index is 0.000000553. The van der Waals surface area contributed by atoms with Gasteiger partial charge in [-0.05, 0) is 6.42 Å². The fourth-order valence-electron chi connectivity index (χ4n) is 4.04. The van der Waals surface area contributed by atoms with Crippen molar-refractivity contribution in [2.24, 2.45) is 5.73 Å². The van der Waals surface area contributed by atoms with E-state index in [1.54, 1.807) is 0 Å². The van der Waals surface area contributed by atoms with Gasteiger partial charge in [-0.3, -0.25) is 9.59 Å². The summed E-state index contributed by atoms with van der Waals surface area (Å²) in [6.45, 7) is -2.07.